The van der Waals surface area contributed by atoms with E-state index in [0.29, 0.717) is 12.0 Å². The van der Waals surface area contributed by atoms with Gasteiger partial charge in [-0.3, -0.25) is 0 Å². The first-order chi connectivity index (χ1) is 8.35. The standard InChI is InChI=1S/C13H23N3O/c1-3-13-11(5-6-17-13)7-14-8-12-9-15-10-16(12)4-2/h9-11,13-14H,3-8H2,1-2H3. The normalized spacial score (nSPS) is 24.4. The van der Waals surface area contributed by atoms with E-state index in [0.717, 1.165) is 32.7 Å². The SMILES string of the molecule is CCC1OCCC1CNCc1cncn1CC. The molecule has 2 heterocycles. The summed E-state index contributed by atoms with van der Waals surface area (Å²) in [5, 5.41) is 3.53. The summed E-state index contributed by atoms with van der Waals surface area (Å²) in [6.07, 6.45) is 6.61. The molecule has 4 heteroatoms. The van der Waals surface area contributed by atoms with Gasteiger partial charge in [0.05, 0.1) is 18.1 Å². The summed E-state index contributed by atoms with van der Waals surface area (Å²) in [5.74, 6) is 0.679. The molecule has 2 atom stereocenters. The Labute approximate surface area is 103 Å². The van der Waals surface area contributed by atoms with Crippen LogP contribution in [0.15, 0.2) is 12.5 Å². The molecule has 2 rings (SSSR count). The largest absolute Gasteiger partial charge is 0.378 e. The number of imidazole rings is 1. The van der Waals surface area contributed by atoms with Gasteiger partial charge in [-0.25, -0.2) is 4.98 Å². The van der Waals surface area contributed by atoms with Gasteiger partial charge in [-0.2, -0.15) is 0 Å². The van der Waals surface area contributed by atoms with Crippen LogP contribution in [0, 0.1) is 5.92 Å². The van der Waals surface area contributed by atoms with Crippen LogP contribution in [0.1, 0.15) is 32.4 Å². The molecule has 1 aromatic rings. The van der Waals surface area contributed by atoms with Gasteiger partial charge in [-0.15, -0.1) is 0 Å². The highest BCUT2D eigenvalue weighted by Crippen LogP contribution is 2.22. The number of ether oxygens (including phenoxy) is 1. The fraction of sp³-hybridized carbons (Fsp3) is 0.769. The van der Waals surface area contributed by atoms with Crippen LogP contribution in [0.2, 0.25) is 0 Å². The summed E-state index contributed by atoms with van der Waals surface area (Å²) in [6, 6.07) is 0. The topological polar surface area (TPSA) is 39.1 Å². The fourth-order valence-corrected chi connectivity index (χ4v) is 2.54. The van der Waals surface area contributed by atoms with Crippen molar-refractivity contribution in [3.63, 3.8) is 0 Å². The van der Waals surface area contributed by atoms with Crippen LogP contribution in [0.3, 0.4) is 0 Å². The first kappa shape index (κ1) is 12.6. The van der Waals surface area contributed by atoms with E-state index in [1.807, 2.05) is 12.5 Å². The number of aromatic nitrogens is 2. The predicted octanol–water partition coefficient (Wildman–Crippen LogP) is 1.81. The highest BCUT2D eigenvalue weighted by atomic mass is 16.5. The maximum atomic E-state index is 5.69. The minimum absolute atomic E-state index is 0.457. The minimum atomic E-state index is 0.457. The molecule has 0 aromatic carbocycles. The summed E-state index contributed by atoms with van der Waals surface area (Å²) in [6.45, 7) is 8.21. The third kappa shape index (κ3) is 3.07. The Morgan fingerprint density at radius 2 is 2.41 bits per heavy atom. The van der Waals surface area contributed by atoms with E-state index in [-0.39, 0.29) is 0 Å². The van der Waals surface area contributed by atoms with Crippen molar-refractivity contribution < 1.29 is 4.74 Å². The maximum Gasteiger partial charge on any atom is 0.0948 e. The summed E-state index contributed by atoms with van der Waals surface area (Å²) in [5.41, 5.74) is 1.26. The molecule has 0 amide bonds. The third-order valence-electron chi connectivity index (χ3n) is 3.60. The summed E-state index contributed by atoms with van der Waals surface area (Å²) >= 11 is 0. The molecule has 2 unspecified atom stereocenters. The summed E-state index contributed by atoms with van der Waals surface area (Å²) < 4.78 is 7.87. The lowest BCUT2D eigenvalue weighted by Gasteiger charge is -2.17. The molecule has 1 aromatic heterocycles. The minimum Gasteiger partial charge on any atom is -0.378 e. The van der Waals surface area contributed by atoms with Crippen molar-refractivity contribution in [2.24, 2.45) is 5.92 Å². The lowest BCUT2D eigenvalue weighted by Crippen LogP contribution is -2.28. The Morgan fingerprint density at radius 3 is 3.18 bits per heavy atom. The maximum absolute atomic E-state index is 5.69. The van der Waals surface area contributed by atoms with Gasteiger partial charge in [0.2, 0.25) is 0 Å². The van der Waals surface area contributed by atoms with E-state index in [9.17, 15) is 0 Å². The number of rotatable bonds is 6. The second-order valence-electron chi connectivity index (χ2n) is 4.67. The Bertz CT molecular complexity index is 337. The molecule has 0 bridgehead atoms. The van der Waals surface area contributed by atoms with Crippen molar-refractivity contribution in [1.82, 2.24) is 14.9 Å². The number of aryl methyl sites for hydroxylation is 1. The lowest BCUT2D eigenvalue weighted by molar-refractivity contribution is 0.0872. The van der Waals surface area contributed by atoms with E-state index in [4.69, 9.17) is 4.74 Å². The van der Waals surface area contributed by atoms with E-state index < -0.39 is 0 Å². The van der Waals surface area contributed by atoms with Gasteiger partial charge in [0.1, 0.15) is 0 Å². The molecular formula is C13H23N3O. The molecule has 0 aliphatic carbocycles. The van der Waals surface area contributed by atoms with Crippen molar-refractivity contribution in [2.45, 2.75) is 45.9 Å². The Morgan fingerprint density at radius 1 is 1.53 bits per heavy atom. The highest BCUT2D eigenvalue weighted by Gasteiger charge is 2.25. The Kier molecular flexibility index (Phi) is 4.57. The number of hydrogen-bond acceptors (Lipinski definition) is 3. The van der Waals surface area contributed by atoms with Gasteiger partial charge in [-0.05, 0) is 25.7 Å². The lowest BCUT2D eigenvalue weighted by atomic mass is 10.00. The van der Waals surface area contributed by atoms with Gasteiger partial charge < -0.3 is 14.6 Å². The van der Waals surface area contributed by atoms with Gasteiger partial charge in [0.25, 0.3) is 0 Å². The molecule has 1 fully saturated rings. The molecule has 1 aliphatic rings. The average Bonchev–Trinajstić information content (AvgIpc) is 2.97. The van der Waals surface area contributed by atoms with E-state index in [2.05, 4.69) is 28.7 Å². The van der Waals surface area contributed by atoms with Crippen molar-refractivity contribution in [2.75, 3.05) is 13.2 Å². The van der Waals surface area contributed by atoms with Crippen molar-refractivity contribution in [3.8, 4) is 0 Å². The predicted molar refractivity (Wildman–Crippen MR) is 67.7 cm³/mol. The molecule has 4 nitrogen and oxygen atoms in total. The quantitative estimate of drug-likeness (QED) is 0.820. The van der Waals surface area contributed by atoms with Crippen molar-refractivity contribution >= 4 is 0 Å². The van der Waals surface area contributed by atoms with Crippen molar-refractivity contribution in [1.29, 1.82) is 0 Å². The molecule has 1 N–H and O–H groups in total. The van der Waals surface area contributed by atoms with Gasteiger partial charge in [0, 0.05) is 32.4 Å². The second kappa shape index (κ2) is 6.17. The van der Waals surface area contributed by atoms with Crippen LogP contribution >= 0.6 is 0 Å². The molecular weight excluding hydrogens is 214 g/mol. The number of nitrogens with one attached hydrogen (secondary N) is 1. The number of hydrogen-bond donors (Lipinski definition) is 1. The van der Waals surface area contributed by atoms with Crippen LogP contribution in [0.5, 0.6) is 0 Å². The zero-order valence-corrected chi connectivity index (χ0v) is 10.9. The second-order valence-corrected chi connectivity index (χ2v) is 4.67. The van der Waals surface area contributed by atoms with E-state index in [1.165, 1.54) is 12.1 Å². The Balaban J connectivity index is 1.76. The van der Waals surface area contributed by atoms with Gasteiger partial charge in [-0.1, -0.05) is 6.92 Å². The molecule has 1 aliphatic heterocycles. The average molecular weight is 237 g/mol. The van der Waals surface area contributed by atoms with Crippen LogP contribution in [-0.4, -0.2) is 28.8 Å². The van der Waals surface area contributed by atoms with Gasteiger partial charge >= 0.3 is 0 Å². The molecule has 1 saturated heterocycles. The third-order valence-corrected chi connectivity index (χ3v) is 3.60. The molecule has 96 valence electrons. The van der Waals surface area contributed by atoms with Crippen LogP contribution < -0.4 is 5.32 Å². The zero-order chi connectivity index (χ0) is 12.1. The van der Waals surface area contributed by atoms with Gasteiger partial charge in [0.15, 0.2) is 0 Å². The molecule has 0 spiro atoms. The van der Waals surface area contributed by atoms with Crippen LogP contribution in [0.25, 0.3) is 0 Å². The highest BCUT2D eigenvalue weighted by molar-refractivity contribution is 4.97. The molecule has 0 radical (unpaired) electrons. The smallest absolute Gasteiger partial charge is 0.0948 e. The summed E-state index contributed by atoms with van der Waals surface area (Å²) in [4.78, 5) is 4.17. The zero-order valence-electron chi connectivity index (χ0n) is 10.9. The van der Waals surface area contributed by atoms with Crippen molar-refractivity contribution in [3.05, 3.63) is 18.2 Å². The van der Waals surface area contributed by atoms with E-state index in [1.54, 1.807) is 0 Å². The Hall–Kier alpha value is -0.870. The van der Waals surface area contributed by atoms with Crippen LogP contribution in [-0.2, 0) is 17.8 Å². The first-order valence-corrected chi connectivity index (χ1v) is 6.66. The fourth-order valence-electron chi connectivity index (χ4n) is 2.54. The first-order valence-electron chi connectivity index (χ1n) is 6.66. The monoisotopic (exact) mass is 237 g/mol. The van der Waals surface area contributed by atoms with Crippen LogP contribution in [0.4, 0.5) is 0 Å². The summed E-state index contributed by atoms with van der Waals surface area (Å²) in [7, 11) is 0. The number of nitrogens with zero attached hydrogens (tertiary/aromatic N) is 2. The van der Waals surface area contributed by atoms with E-state index >= 15 is 0 Å². The molecule has 17 heavy (non-hydrogen) atoms. The molecule has 0 saturated carbocycles.